The standard InChI is InChI=1S/C23H28Si2/c1-17-12-13-19-15-24(2,3)21-10-6-8-18-9-7-11-22(23(18)21)25(4,5)16-20(19)14-17/h6-14H,15-16H2,1-5H3. The lowest BCUT2D eigenvalue weighted by Gasteiger charge is -2.28. The van der Waals surface area contributed by atoms with E-state index in [1.165, 1.54) is 23.0 Å². The van der Waals surface area contributed by atoms with Crippen LogP contribution in [0.4, 0.5) is 0 Å². The summed E-state index contributed by atoms with van der Waals surface area (Å²) in [6, 6.07) is 23.7. The van der Waals surface area contributed by atoms with E-state index >= 15 is 0 Å². The first kappa shape index (κ1) is 16.8. The molecule has 3 aromatic carbocycles. The van der Waals surface area contributed by atoms with Crippen LogP contribution < -0.4 is 10.4 Å². The molecular formula is C23H28Si2. The Bertz CT molecular complexity index is 962. The van der Waals surface area contributed by atoms with Crippen LogP contribution in [0.3, 0.4) is 0 Å². The summed E-state index contributed by atoms with van der Waals surface area (Å²) < 4.78 is 0. The third-order valence-electron chi connectivity index (χ3n) is 5.99. The van der Waals surface area contributed by atoms with Crippen LogP contribution in [-0.2, 0) is 12.1 Å². The lowest BCUT2D eigenvalue weighted by atomic mass is 10.1. The minimum Gasteiger partial charge on any atom is -0.0652 e. The van der Waals surface area contributed by atoms with Gasteiger partial charge in [0.05, 0.1) is 16.1 Å². The molecule has 0 aromatic heterocycles. The zero-order valence-corrected chi connectivity index (χ0v) is 18.1. The molecule has 0 amide bonds. The second-order valence-electron chi connectivity index (χ2n) is 9.10. The van der Waals surface area contributed by atoms with Crippen LogP contribution in [0, 0.1) is 6.92 Å². The Hall–Kier alpha value is -1.65. The molecule has 0 bridgehead atoms. The molecule has 1 aliphatic heterocycles. The Morgan fingerprint density at radius 1 is 0.680 bits per heavy atom. The van der Waals surface area contributed by atoms with Gasteiger partial charge in [-0.3, -0.25) is 0 Å². The van der Waals surface area contributed by atoms with E-state index < -0.39 is 16.1 Å². The molecule has 0 saturated carbocycles. The predicted molar refractivity (Wildman–Crippen MR) is 117 cm³/mol. The van der Waals surface area contributed by atoms with Crippen molar-refractivity contribution in [1.82, 2.24) is 0 Å². The van der Waals surface area contributed by atoms with Crippen molar-refractivity contribution in [2.75, 3.05) is 0 Å². The van der Waals surface area contributed by atoms with E-state index in [9.17, 15) is 0 Å². The van der Waals surface area contributed by atoms with Crippen LogP contribution in [-0.4, -0.2) is 16.1 Å². The first-order valence-corrected chi connectivity index (χ1v) is 15.8. The molecule has 0 N–H and O–H groups in total. The summed E-state index contributed by atoms with van der Waals surface area (Å²) in [6.07, 6.45) is 0. The molecule has 4 rings (SSSR count). The van der Waals surface area contributed by atoms with Gasteiger partial charge in [0.2, 0.25) is 0 Å². The van der Waals surface area contributed by atoms with Gasteiger partial charge in [-0.2, -0.15) is 0 Å². The van der Waals surface area contributed by atoms with Crippen molar-refractivity contribution in [3.63, 3.8) is 0 Å². The normalized spacial score (nSPS) is 18.1. The lowest BCUT2D eigenvalue weighted by molar-refractivity contribution is 1.19. The van der Waals surface area contributed by atoms with Crippen molar-refractivity contribution >= 4 is 37.3 Å². The Balaban J connectivity index is 2.09. The van der Waals surface area contributed by atoms with Crippen molar-refractivity contribution in [2.24, 2.45) is 0 Å². The summed E-state index contributed by atoms with van der Waals surface area (Å²) >= 11 is 0. The van der Waals surface area contributed by atoms with Gasteiger partial charge < -0.3 is 0 Å². The van der Waals surface area contributed by atoms with Gasteiger partial charge in [0.1, 0.15) is 0 Å². The fourth-order valence-electron chi connectivity index (χ4n) is 4.70. The monoisotopic (exact) mass is 360 g/mol. The number of hydrogen-bond acceptors (Lipinski definition) is 0. The Morgan fingerprint density at radius 3 is 1.84 bits per heavy atom. The van der Waals surface area contributed by atoms with Crippen LogP contribution in [0.5, 0.6) is 0 Å². The highest BCUT2D eigenvalue weighted by atomic mass is 28.3. The van der Waals surface area contributed by atoms with Crippen LogP contribution in [0.15, 0.2) is 54.6 Å². The SMILES string of the molecule is Cc1ccc2c(c1)C[Si](C)(C)c1cccc3cccc(c13)[Si](C)(C)C2. The number of rotatable bonds is 0. The number of benzene rings is 3. The van der Waals surface area contributed by atoms with Gasteiger partial charge in [-0.05, 0) is 40.9 Å². The third kappa shape index (κ3) is 2.82. The number of aryl methyl sites for hydroxylation is 1. The summed E-state index contributed by atoms with van der Waals surface area (Å²) in [5.74, 6) is 0. The minimum absolute atomic E-state index is 1.25. The number of hydrogen-bond donors (Lipinski definition) is 0. The maximum atomic E-state index is 2.56. The molecule has 0 aliphatic carbocycles. The lowest BCUT2D eigenvalue weighted by Crippen LogP contribution is -2.49. The van der Waals surface area contributed by atoms with Crippen LogP contribution in [0.2, 0.25) is 26.2 Å². The maximum absolute atomic E-state index is 2.56. The molecule has 0 spiro atoms. The zero-order chi connectivity index (χ0) is 17.8. The topological polar surface area (TPSA) is 0 Å². The largest absolute Gasteiger partial charge is 0.0857 e. The van der Waals surface area contributed by atoms with Crippen molar-refractivity contribution < 1.29 is 0 Å². The maximum Gasteiger partial charge on any atom is 0.0857 e. The first-order chi connectivity index (χ1) is 11.8. The summed E-state index contributed by atoms with van der Waals surface area (Å²) in [5, 5.41) is 6.37. The number of fused-ring (bicyclic) bond motifs is 1. The smallest absolute Gasteiger partial charge is 0.0652 e. The summed E-state index contributed by atoms with van der Waals surface area (Å²) in [4.78, 5) is 0. The molecule has 0 saturated heterocycles. The van der Waals surface area contributed by atoms with Crippen molar-refractivity contribution in [3.05, 3.63) is 71.3 Å². The molecule has 128 valence electrons. The zero-order valence-electron chi connectivity index (χ0n) is 16.1. The van der Waals surface area contributed by atoms with Gasteiger partial charge in [0, 0.05) is 0 Å². The average molecular weight is 361 g/mol. The van der Waals surface area contributed by atoms with E-state index in [2.05, 4.69) is 87.7 Å². The van der Waals surface area contributed by atoms with Crippen LogP contribution in [0.25, 0.3) is 10.8 Å². The van der Waals surface area contributed by atoms with Crippen LogP contribution >= 0.6 is 0 Å². The summed E-state index contributed by atoms with van der Waals surface area (Å²) in [5.41, 5.74) is 4.62. The molecule has 1 heterocycles. The molecule has 25 heavy (non-hydrogen) atoms. The van der Waals surface area contributed by atoms with E-state index in [4.69, 9.17) is 0 Å². The molecule has 2 heteroatoms. The highest BCUT2D eigenvalue weighted by Gasteiger charge is 2.34. The van der Waals surface area contributed by atoms with E-state index in [1.54, 1.807) is 26.9 Å². The van der Waals surface area contributed by atoms with Gasteiger partial charge in [-0.25, -0.2) is 0 Å². The Kier molecular flexibility index (Phi) is 3.82. The van der Waals surface area contributed by atoms with E-state index in [0.29, 0.717) is 0 Å². The molecule has 0 radical (unpaired) electrons. The third-order valence-corrected chi connectivity index (χ3v) is 12.3. The molecule has 3 aromatic rings. The van der Waals surface area contributed by atoms with Gasteiger partial charge in [0.15, 0.2) is 0 Å². The summed E-state index contributed by atoms with van der Waals surface area (Å²) in [6.45, 7) is 12.5. The highest BCUT2D eigenvalue weighted by molar-refractivity contribution is 6.95. The fraction of sp³-hybridized carbons (Fsp3) is 0.304. The molecule has 0 fully saturated rings. The molecule has 0 atom stereocenters. The van der Waals surface area contributed by atoms with E-state index in [1.807, 2.05) is 0 Å². The average Bonchev–Trinajstić information content (AvgIpc) is 2.57. The van der Waals surface area contributed by atoms with Gasteiger partial charge in [0.25, 0.3) is 0 Å². The molecule has 1 aliphatic rings. The van der Waals surface area contributed by atoms with Crippen molar-refractivity contribution in [3.8, 4) is 0 Å². The second-order valence-corrected chi connectivity index (χ2v) is 18.4. The Morgan fingerprint density at radius 2 is 1.24 bits per heavy atom. The molecular weight excluding hydrogens is 332 g/mol. The molecule has 0 nitrogen and oxygen atoms in total. The van der Waals surface area contributed by atoms with E-state index in [-0.39, 0.29) is 0 Å². The van der Waals surface area contributed by atoms with Crippen LogP contribution in [0.1, 0.15) is 16.7 Å². The van der Waals surface area contributed by atoms with Gasteiger partial charge >= 0.3 is 0 Å². The van der Waals surface area contributed by atoms with Gasteiger partial charge in [-0.1, -0.05) is 96.7 Å². The molecule has 0 unspecified atom stereocenters. The van der Waals surface area contributed by atoms with Crippen molar-refractivity contribution in [2.45, 2.75) is 45.2 Å². The highest BCUT2D eigenvalue weighted by Crippen LogP contribution is 2.27. The second kappa shape index (κ2) is 5.68. The quantitative estimate of drug-likeness (QED) is 0.502. The fourth-order valence-corrected chi connectivity index (χ4v) is 10.8. The Labute approximate surface area is 153 Å². The summed E-state index contributed by atoms with van der Waals surface area (Å²) in [7, 11) is -3.14. The van der Waals surface area contributed by atoms with Crippen molar-refractivity contribution in [1.29, 1.82) is 0 Å². The van der Waals surface area contributed by atoms with E-state index in [0.717, 1.165) is 0 Å². The minimum atomic E-state index is -1.57. The predicted octanol–water partition coefficient (Wildman–Crippen LogP) is 4.86. The van der Waals surface area contributed by atoms with Gasteiger partial charge in [-0.15, -0.1) is 0 Å². The first-order valence-electron chi connectivity index (χ1n) is 9.39.